The van der Waals surface area contributed by atoms with Gasteiger partial charge in [0.05, 0.1) is 22.6 Å². The number of nitrogens with one attached hydrogen (secondary N) is 1. The van der Waals surface area contributed by atoms with Crippen molar-refractivity contribution in [2.45, 2.75) is 44.7 Å². The summed E-state index contributed by atoms with van der Waals surface area (Å²) in [5.74, 6) is -0.747. The predicted molar refractivity (Wildman–Crippen MR) is 108 cm³/mol. The molecule has 1 aromatic carbocycles. The van der Waals surface area contributed by atoms with E-state index in [1.165, 1.54) is 6.33 Å². The Hall–Kier alpha value is -2.74. The molecule has 4 rings (SSSR count). The molecular formula is C21H26N4O4. The number of likely N-dealkylation sites (tertiary alicyclic amines) is 1. The van der Waals surface area contributed by atoms with Gasteiger partial charge in [0.1, 0.15) is 0 Å². The summed E-state index contributed by atoms with van der Waals surface area (Å²) in [5.41, 5.74) is -0.183. The van der Waals surface area contributed by atoms with Crippen LogP contribution in [0.1, 0.15) is 32.1 Å². The van der Waals surface area contributed by atoms with Crippen molar-refractivity contribution in [2.75, 3.05) is 19.6 Å². The molecule has 8 heteroatoms. The van der Waals surface area contributed by atoms with Gasteiger partial charge >= 0.3 is 5.97 Å². The highest BCUT2D eigenvalue weighted by atomic mass is 16.4. The summed E-state index contributed by atoms with van der Waals surface area (Å²) in [6, 6.07) is 7.02. The maximum absolute atomic E-state index is 12.7. The van der Waals surface area contributed by atoms with Gasteiger partial charge in [0.15, 0.2) is 0 Å². The van der Waals surface area contributed by atoms with Gasteiger partial charge in [-0.25, -0.2) is 4.98 Å². The van der Waals surface area contributed by atoms with E-state index in [1.54, 1.807) is 21.6 Å². The summed E-state index contributed by atoms with van der Waals surface area (Å²) < 4.78 is 1.55. The molecule has 2 saturated heterocycles. The van der Waals surface area contributed by atoms with Gasteiger partial charge in [-0.2, -0.15) is 0 Å². The first-order valence-electron chi connectivity index (χ1n) is 10.2. The second-order valence-electron chi connectivity index (χ2n) is 8.03. The van der Waals surface area contributed by atoms with Crippen molar-refractivity contribution in [2.24, 2.45) is 5.41 Å². The maximum atomic E-state index is 12.7. The monoisotopic (exact) mass is 398 g/mol. The Morgan fingerprint density at radius 3 is 2.93 bits per heavy atom. The van der Waals surface area contributed by atoms with Gasteiger partial charge in [-0.05, 0) is 44.4 Å². The molecule has 0 unspecified atom stereocenters. The predicted octanol–water partition coefficient (Wildman–Crippen LogP) is 1.23. The molecule has 0 saturated carbocycles. The topological polar surface area (TPSA) is 105 Å². The number of rotatable bonds is 5. The van der Waals surface area contributed by atoms with E-state index in [2.05, 4.69) is 10.3 Å². The quantitative estimate of drug-likeness (QED) is 0.785. The summed E-state index contributed by atoms with van der Waals surface area (Å²) in [6.45, 7) is 2.13. The molecule has 8 nitrogen and oxygen atoms in total. The van der Waals surface area contributed by atoms with Gasteiger partial charge < -0.3 is 15.3 Å². The average Bonchev–Trinajstić information content (AvgIpc) is 2.74. The third kappa shape index (κ3) is 3.64. The summed E-state index contributed by atoms with van der Waals surface area (Å²) >= 11 is 0. The van der Waals surface area contributed by atoms with Crippen LogP contribution in [0.5, 0.6) is 0 Å². The van der Waals surface area contributed by atoms with Crippen LogP contribution in [0.4, 0.5) is 0 Å². The average molecular weight is 398 g/mol. The Kier molecular flexibility index (Phi) is 5.36. The molecule has 2 fully saturated rings. The number of aliphatic carboxylic acids is 1. The Bertz CT molecular complexity index is 988. The van der Waals surface area contributed by atoms with E-state index in [1.807, 2.05) is 12.1 Å². The molecule has 0 spiro atoms. The van der Waals surface area contributed by atoms with Crippen LogP contribution in [0.2, 0.25) is 0 Å². The normalized spacial score (nSPS) is 24.3. The molecule has 0 aliphatic carbocycles. The highest BCUT2D eigenvalue weighted by molar-refractivity contribution is 5.79. The third-order valence-corrected chi connectivity index (χ3v) is 6.39. The number of hydrogen-bond donors (Lipinski definition) is 2. The fourth-order valence-electron chi connectivity index (χ4n) is 4.65. The second kappa shape index (κ2) is 7.94. The number of aromatic nitrogens is 2. The fourth-order valence-corrected chi connectivity index (χ4v) is 4.65. The van der Waals surface area contributed by atoms with Gasteiger partial charge in [0.25, 0.3) is 5.56 Å². The van der Waals surface area contributed by atoms with Crippen molar-refractivity contribution in [1.29, 1.82) is 0 Å². The summed E-state index contributed by atoms with van der Waals surface area (Å²) in [4.78, 5) is 43.1. The van der Waals surface area contributed by atoms with Crippen LogP contribution < -0.4 is 10.9 Å². The molecule has 1 amide bonds. The number of carboxylic acid groups (broad SMARTS) is 1. The van der Waals surface area contributed by atoms with Gasteiger partial charge in [0, 0.05) is 32.1 Å². The lowest BCUT2D eigenvalue weighted by atomic mass is 9.69. The second-order valence-corrected chi connectivity index (χ2v) is 8.03. The van der Waals surface area contributed by atoms with E-state index in [4.69, 9.17) is 0 Å². The molecule has 0 bridgehead atoms. The number of carbonyl (C=O) groups is 2. The number of nitrogens with zero attached hydrogens (tertiary/aromatic N) is 3. The highest BCUT2D eigenvalue weighted by Gasteiger charge is 2.50. The Labute approximate surface area is 168 Å². The lowest BCUT2D eigenvalue weighted by Crippen LogP contribution is -2.63. The minimum atomic E-state index is -0.759. The van der Waals surface area contributed by atoms with Crippen LogP contribution in [0.15, 0.2) is 35.4 Å². The van der Waals surface area contributed by atoms with Crippen molar-refractivity contribution in [3.63, 3.8) is 0 Å². The van der Waals surface area contributed by atoms with Crippen LogP contribution in [-0.4, -0.2) is 57.1 Å². The van der Waals surface area contributed by atoms with Crippen molar-refractivity contribution < 1.29 is 14.7 Å². The van der Waals surface area contributed by atoms with Crippen LogP contribution >= 0.6 is 0 Å². The standard InChI is InChI=1S/C21H26N4O4/c26-18(24-12-9-21(20(28)29)8-4-10-22-17(21)13-24)7-3-11-25-14-23-16-6-2-1-5-15(16)19(25)27/h1-2,5-6,14,17,22H,3-4,7-13H2,(H,28,29)/t17-,21+/m1/s1. The molecule has 2 aliphatic heterocycles. The van der Waals surface area contributed by atoms with Gasteiger partial charge in [-0.1, -0.05) is 12.1 Å². The van der Waals surface area contributed by atoms with E-state index in [0.29, 0.717) is 56.2 Å². The van der Waals surface area contributed by atoms with Crippen molar-refractivity contribution >= 4 is 22.8 Å². The highest BCUT2D eigenvalue weighted by Crippen LogP contribution is 2.39. The number of carboxylic acids is 1. The zero-order valence-corrected chi connectivity index (χ0v) is 16.3. The number of carbonyl (C=O) groups excluding carboxylic acids is 1. The molecule has 1 aromatic heterocycles. The molecule has 0 radical (unpaired) electrons. The minimum Gasteiger partial charge on any atom is -0.481 e. The Balaban J connectivity index is 1.35. The number of amides is 1. The molecule has 2 aliphatic rings. The summed E-state index contributed by atoms with van der Waals surface area (Å²) in [7, 11) is 0. The zero-order chi connectivity index (χ0) is 20.4. The van der Waals surface area contributed by atoms with E-state index in [0.717, 1.165) is 13.0 Å². The first-order valence-corrected chi connectivity index (χ1v) is 10.2. The summed E-state index contributed by atoms with van der Waals surface area (Å²) in [6.07, 6.45) is 4.40. The molecule has 2 aromatic rings. The van der Waals surface area contributed by atoms with E-state index in [-0.39, 0.29) is 17.5 Å². The van der Waals surface area contributed by atoms with E-state index in [9.17, 15) is 19.5 Å². The molecular weight excluding hydrogens is 372 g/mol. The van der Waals surface area contributed by atoms with E-state index < -0.39 is 11.4 Å². The van der Waals surface area contributed by atoms with Gasteiger partial charge in [0.2, 0.25) is 5.91 Å². The summed E-state index contributed by atoms with van der Waals surface area (Å²) in [5, 5.41) is 13.6. The van der Waals surface area contributed by atoms with E-state index >= 15 is 0 Å². The number of piperidine rings is 2. The first-order chi connectivity index (χ1) is 14.0. The Morgan fingerprint density at radius 2 is 2.10 bits per heavy atom. The zero-order valence-electron chi connectivity index (χ0n) is 16.3. The fraction of sp³-hybridized carbons (Fsp3) is 0.524. The molecule has 3 heterocycles. The lowest BCUT2D eigenvalue weighted by molar-refractivity contribution is -0.159. The lowest BCUT2D eigenvalue weighted by Gasteiger charge is -2.48. The van der Waals surface area contributed by atoms with Crippen molar-refractivity contribution in [1.82, 2.24) is 19.8 Å². The molecule has 29 heavy (non-hydrogen) atoms. The Morgan fingerprint density at radius 1 is 1.28 bits per heavy atom. The number of benzene rings is 1. The third-order valence-electron chi connectivity index (χ3n) is 6.39. The molecule has 2 N–H and O–H groups in total. The van der Waals surface area contributed by atoms with Crippen LogP contribution in [-0.2, 0) is 16.1 Å². The van der Waals surface area contributed by atoms with Crippen LogP contribution in [0.3, 0.4) is 0 Å². The van der Waals surface area contributed by atoms with Crippen LogP contribution in [0.25, 0.3) is 10.9 Å². The number of para-hydroxylation sites is 1. The van der Waals surface area contributed by atoms with Gasteiger partial charge in [-0.3, -0.25) is 19.0 Å². The molecule has 2 atom stereocenters. The molecule has 154 valence electrons. The maximum Gasteiger partial charge on any atom is 0.311 e. The van der Waals surface area contributed by atoms with Crippen molar-refractivity contribution in [3.8, 4) is 0 Å². The first kappa shape index (κ1) is 19.6. The largest absolute Gasteiger partial charge is 0.481 e. The van der Waals surface area contributed by atoms with Crippen LogP contribution in [0, 0.1) is 5.41 Å². The number of fused-ring (bicyclic) bond motifs is 2. The number of aryl methyl sites for hydroxylation is 1. The minimum absolute atomic E-state index is 0.0122. The SMILES string of the molecule is O=C(CCCn1cnc2ccccc2c1=O)N1CC[C@@]2(C(=O)O)CCCN[C@@H]2C1. The van der Waals surface area contributed by atoms with Crippen molar-refractivity contribution in [3.05, 3.63) is 40.9 Å². The smallest absolute Gasteiger partial charge is 0.311 e. The number of hydrogen-bond acceptors (Lipinski definition) is 5. The van der Waals surface area contributed by atoms with Gasteiger partial charge in [-0.15, -0.1) is 0 Å².